The molecule has 0 aliphatic carbocycles. The second-order valence-corrected chi connectivity index (χ2v) is 6.03. The van der Waals surface area contributed by atoms with E-state index in [1.54, 1.807) is 0 Å². The monoisotopic (exact) mass is 301 g/mol. The number of carbonyl (C=O) groups is 1. The number of nitrogens with one attached hydrogen (secondary N) is 1. The van der Waals surface area contributed by atoms with E-state index >= 15 is 0 Å². The molecule has 0 heterocycles. The highest BCUT2D eigenvalue weighted by Gasteiger charge is 2.15. The van der Waals surface area contributed by atoms with Crippen LogP contribution in [0.5, 0.6) is 0 Å². The fourth-order valence-electron chi connectivity index (χ4n) is 1.54. The molecular formula is C13H19NO5S. The Balaban J connectivity index is 2.70. The number of sulfonamides is 1. The van der Waals surface area contributed by atoms with Crippen molar-refractivity contribution in [1.82, 2.24) is 4.72 Å². The summed E-state index contributed by atoms with van der Waals surface area (Å²) < 4.78 is 30.8. The number of aliphatic hydroxyl groups excluding tert-OH is 1. The lowest BCUT2D eigenvalue weighted by atomic mass is 10.2. The maximum atomic E-state index is 11.9. The van der Waals surface area contributed by atoms with Gasteiger partial charge in [-0.25, -0.2) is 17.9 Å². The number of benzene rings is 1. The Hall–Kier alpha value is -1.44. The quantitative estimate of drug-likeness (QED) is 0.730. The first-order valence-electron chi connectivity index (χ1n) is 6.26. The topological polar surface area (TPSA) is 92.7 Å². The van der Waals surface area contributed by atoms with Gasteiger partial charge in [-0.2, -0.15) is 0 Å². The molecule has 0 fully saturated rings. The van der Waals surface area contributed by atoms with E-state index in [2.05, 4.69) is 9.46 Å². The summed E-state index contributed by atoms with van der Waals surface area (Å²) in [5.74, 6) is -0.520. The van der Waals surface area contributed by atoms with Crippen LogP contribution < -0.4 is 4.72 Å². The molecule has 0 aromatic heterocycles. The average molecular weight is 301 g/mol. The summed E-state index contributed by atoms with van der Waals surface area (Å²) in [6.45, 7) is 1.99. The van der Waals surface area contributed by atoms with Crippen LogP contribution in [0.4, 0.5) is 0 Å². The van der Waals surface area contributed by atoms with E-state index in [0.717, 1.165) is 0 Å². The highest BCUT2D eigenvalue weighted by molar-refractivity contribution is 7.89. The predicted molar refractivity (Wildman–Crippen MR) is 73.9 cm³/mol. The molecule has 2 N–H and O–H groups in total. The van der Waals surface area contributed by atoms with Crippen LogP contribution in [0.2, 0.25) is 0 Å². The van der Waals surface area contributed by atoms with Crippen LogP contribution in [0.25, 0.3) is 0 Å². The first kappa shape index (κ1) is 16.6. The third-order valence-corrected chi connectivity index (χ3v) is 4.30. The van der Waals surface area contributed by atoms with Crippen molar-refractivity contribution in [3.05, 3.63) is 29.8 Å². The molecule has 0 saturated heterocycles. The van der Waals surface area contributed by atoms with E-state index < -0.39 is 22.1 Å². The number of ether oxygens (including phenoxy) is 1. The lowest BCUT2D eigenvalue weighted by Gasteiger charge is -2.10. The van der Waals surface area contributed by atoms with Gasteiger partial charge in [0.1, 0.15) is 0 Å². The van der Waals surface area contributed by atoms with Crippen LogP contribution >= 0.6 is 0 Å². The van der Waals surface area contributed by atoms with Gasteiger partial charge in [0.25, 0.3) is 0 Å². The van der Waals surface area contributed by atoms with Crippen molar-refractivity contribution in [2.45, 2.75) is 30.8 Å². The van der Waals surface area contributed by atoms with Gasteiger partial charge in [-0.15, -0.1) is 0 Å². The van der Waals surface area contributed by atoms with E-state index in [9.17, 15) is 18.3 Å². The maximum Gasteiger partial charge on any atom is 0.337 e. The second-order valence-electron chi connectivity index (χ2n) is 4.26. The van der Waals surface area contributed by atoms with Gasteiger partial charge >= 0.3 is 5.97 Å². The number of esters is 1. The summed E-state index contributed by atoms with van der Waals surface area (Å²) >= 11 is 0. The Morgan fingerprint density at radius 3 is 2.45 bits per heavy atom. The van der Waals surface area contributed by atoms with Crippen molar-refractivity contribution in [2.75, 3.05) is 13.7 Å². The molecule has 0 amide bonds. The Morgan fingerprint density at radius 1 is 1.35 bits per heavy atom. The van der Waals surface area contributed by atoms with E-state index in [1.807, 2.05) is 6.92 Å². The number of rotatable bonds is 7. The molecule has 0 spiro atoms. The molecule has 0 aliphatic heterocycles. The Labute approximate surface area is 118 Å². The van der Waals surface area contributed by atoms with Crippen LogP contribution in [0.15, 0.2) is 29.2 Å². The summed E-state index contributed by atoms with van der Waals surface area (Å²) in [7, 11) is -2.37. The summed E-state index contributed by atoms with van der Waals surface area (Å²) in [5.41, 5.74) is 0.285. The molecule has 0 aliphatic rings. The smallest absolute Gasteiger partial charge is 0.337 e. The van der Waals surface area contributed by atoms with Crippen molar-refractivity contribution < 1.29 is 23.1 Å². The summed E-state index contributed by atoms with van der Waals surface area (Å²) in [6, 6.07) is 5.46. The van der Waals surface area contributed by atoms with Gasteiger partial charge in [0.2, 0.25) is 10.0 Å². The van der Waals surface area contributed by atoms with Crippen LogP contribution in [0.3, 0.4) is 0 Å². The van der Waals surface area contributed by atoms with Crippen LogP contribution in [0.1, 0.15) is 30.1 Å². The fourth-order valence-corrected chi connectivity index (χ4v) is 2.58. The van der Waals surface area contributed by atoms with E-state index in [1.165, 1.54) is 31.4 Å². The van der Waals surface area contributed by atoms with Gasteiger partial charge in [-0.1, -0.05) is 6.92 Å². The van der Waals surface area contributed by atoms with Crippen molar-refractivity contribution in [3.63, 3.8) is 0 Å². The predicted octanol–water partition coefficient (Wildman–Crippen LogP) is 0.912. The first-order valence-corrected chi connectivity index (χ1v) is 7.75. The summed E-state index contributed by atoms with van der Waals surface area (Å²) in [6.07, 6.45) is 0.422. The van der Waals surface area contributed by atoms with Crippen LogP contribution in [0, 0.1) is 0 Å². The van der Waals surface area contributed by atoms with Crippen molar-refractivity contribution in [2.24, 2.45) is 0 Å². The molecule has 1 aromatic rings. The Bertz CT molecular complexity index is 538. The minimum Gasteiger partial charge on any atom is -0.465 e. The fraction of sp³-hybridized carbons (Fsp3) is 0.462. The van der Waals surface area contributed by atoms with Crippen LogP contribution in [-0.4, -0.2) is 39.3 Å². The zero-order valence-corrected chi connectivity index (χ0v) is 12.3. The molecule has 1 rings (SSSR count). The standard InChI is InChI=1S/C13H19NO5S/c1-3-11(15)8-9-14-20(17,18)12-6-4-10(5-7-12)13(16)19-2/h4-7,11,14-15H,3,8-9H2,1-2H3. The SMILES string of the molecule is CCC(O)CCNS(=O)(=O)c1ccc(C(=O)OC)cc1. The Kier molecular flexibility index (Phi) is 6.12. The van der Waals surface area contributed by atoms with Crippen molar-refractivity contribution >= 4 is 16.0 Å². The number of aliphatic hydroxyl groups is 1. The number of hydrogen-bond donors (Lipinski definition) is 2. The van der Waals surface area contributed by atoms with Gasteiger partial charge in [-0.05, 0) is 37.1 Å². The minimum absolute atomic E-state index is 0.0659. The van der Waals surface area contributed by atoms with E-state index in [4.69, 9.17) is 0 Å². The van der Waals surface area contributed by atoms with Gasteiger partial charge in [0.05, 0.1) is 23.7 Å². The molecule has 1 atom stereocenters. The second kappa shape index (κ2) is 7.37. The van der Waals surface area contributed by atoms with Crippen LogP contribution in [-0.2, 0) is 14.8 Å². The third-order valence-electron chi connectivity index (χ3n) is 2.83. The van der Waals surface area contributed by atoms with Gasteiger partial charge in [0.15, 0.2) is 0 Å². The zero-order valence-electron chi connectivity index (χ0n) is 11.5. The molecule has 7 heteroatoms. The third kappa shape index (κ3) is 4.59. The molecule has 1 unspecified atom stereocenters. The Morgan fingerprint density at radius 2 is 1.95 bits per heavy atom. The highest BCUT2D eigenvalue weighted by atomic mass is 32.2. The zero-order chi connectivity index (χ0) is 15.2. The highest BCUT2D eigenvalue weighted by Crippen LogP contribution is 2.11. The van der Waals surface area contributed by atoms with Crippen molar-refractivity contribution in [1.29, 1.82) is 0 Å². The molecule has 0 bridgehead atoms. The molecule has 20 heavy (non-hydrogen) atoms. The maximum absolute atomic E-state index is 11.9. The molecule has 0 saturated carbocycles. The molecule has 112 valence electrons. The number of carbonyl (C=O) groups excluding carboxylic acids is 1. The van der Waals surface area contributed by atoms with Gasteiger partial charge in [0, 0.05) is 6.54 Å². The first-order chi connectivity index (χ1) is 9.40. The van der Waals surface area contributed by atoms with Crippen molar-refractivity contribution in [3.8, 4) is 0 Å². The number of hydrogen-bond acceptors (Lipinski definition) is 5. The van der Waals surface area contributed by atoms with Gasteiger partial charge < -0.3 is 9.84 Å². The van der Waals surface area contributed by atoms with Gasteiger partial charge in [-0.3, -0.25) is 0 Å². The lowest BCUT2D eigenvalue weighted by molar-refractivity contribution is 0.0600. The molecule has 0 radical (unpaired) electrons. The summed E-state index contributed by atoms with van der Waals surface area (Å²) in [5, 5.41) is 9.36. The average Bonchev–Trinajstić information content (AvgIpc) is 2.46. The van der Waals surface area contributed by atoms with E-state index in [0.29, 0.717) is 12.8 Å². The lowest BCUT2D eigenvalue weighted by Crippen LogP contribution is -2.27. The van der Waals surface area contributed by atoms with E-state index in [-0.39, 0.29) is 17.0 Å². The summed E-state index contributed by atoms with van der Waals surface area (Å²) in [4.78, 5) is 11.3. The molecular weight excluding hydrogens is 282 g/mol. The minimum atomic E-state index is -3.63. The number of methoxy groups -OCH3 is 1. The largest absolute Gasteiger partial charge is 0.465 e. The molecule has 6 nitrogen and oxygen atoms in total. The normalized spacial score (nSPS) is 12.9. The molecule has 1 aromatic carbocycles.